The first-order valence-corrected chi connectivity index (χ1v) is 6.43. The number of carbonyl (C=O) groups is 2. The van der Waals surface area contributed by atoms with Gasteiger partial charge in [0.25, 0.3) is 0 Å². The quantitative estimate of drug-likeness (QED) is 0.643. The van der Waals surface area contributed by atoms with E-state index in [-0.39, 0.29) is 17.9 Å². The maximum Gasteiger partial charge on any atom is 0.308 e. The number of aliphatic carboxylic acids is 1. The van der Waals surface area contributed by atoms with E-state index < -0.39 is 17.9 Å². The summed E-state index contributed by atoms with van der Waals surface area (Å²) in [7, 11) is 0. The number of carbonyl (C=O) groups excluding carboxylic acids is 1. The lowest BCUT2D eigenvalue weighted by atomic mass is 9.84. The molecule has 0 aromatic rings. The number of nitrogens with two attached hydrogens (primary N) is 1. The van der Waals surface area contributed by atoms with E-state index in [2.05, 4.69) is 5.32 Å². The zero-order valence-corrected chi connectivity index (χ0v) is 11.8. The fourth-order valence-electron chi connectivity index (χ4n) is 1.78. The van der Waals surface area contributed by atoms with Gasteiger partial charge < -0.3 is 16.2 Å². The molecular formula is C13H26N2O3. The zero-order valence-electron chi connectivity index (χ0n) is 11.8. The van der Waals surface area contributed by atoms with Crippen molar-refractivity contribution in [3.63, 3.8) is 0 Å². The second-order valence-electron chi connectivity index (χ2n) is 5.94. The second kappa shape index (κ2) is 7.36. The van der Waals surface area contributed by atoms with Gasteiger partial charge in [0.1, 0.15) is 0 Å². The van der Waals surface area contributed by atoms with E-state index in [0.717, 1.165) is 6.42 Å². The van der Waals surface area contributed by atoms with Crippen LogP contribution in [0.4, 0.5) is 0 Å². The van der Waals surface area contributed by atoms with Crippen molar-refractivity contribution in [2.75, 3.05) is 6.54 Å². The number of carboxylic acid groups (broad SMARTS) is 1. The SMILES string of the molecule is CCC[C@@H](N)C(=O)NCC(CC(C)(C)C)C(=O)O. The van der Waals surface area contributed by atoms with E-state index in [0.29, 0.717) is 12.8 Å². The highest BCUT2D eigenvalue weighted by atomic mass is 16.4. The molecule has 1 amide bonds. The molecule has 4 N–H and O–H groups in total. The van der Waals surface area contributed by atoms with Crippen LogP contribution in [0.1, 0.15) is 47.0 Å². The van der Waals surface area contributed by atoms with Crippen LogP contribution in [0.3, 0.4) is 0 Å². The van der Waals surface area contributed by atoms with Crippen LogP contribution in [0, 0.1) is 11.3 Å². The molecule has 0 aliphatic rings. The average molecular weight is 258 g/mol. The van der Waals surface area contributed by atoms with E-state index in [1.54, 1.807) is 0 Å². The molecule has 0 radical (unpaired) electrons. The molecule has 0 aliphatic heterocycles. The molecule has 0 aromatic carbocycles. The first-order chi connectivity index (χ1) is 8.17. The van der Waals surface area contributed by atoms with Crippen LogP contribution in [0.25, 0.3) is 0 Å². The Kier molecular flexibility index (Phi) is 6.91. The minimum Gasteiger partial charge on any atom is -0.481 e. The molecule has 2 atom stereocenters. The lowest BCUT2D eigenvalue weighted by molar-refractivity contribution is -0.142. The van der Waals surface area contributed by atoms with Crippen molar-refractivity contribution in [2.45, 2.75) is 53.0 Å². The zero-order chi connectivity index (χ0) is 14.3. The summed E-state index contributed by atoms with van der Waals surface area (Å²) < 4.78 is 0. The number of hydrogen-bond acceptors (Lipinski definition) is 3. The first-order valence-electron chi connectivity index (χ1n) is 6.43. The third kappa shape index (κ3) is 7.27. The summed E-state index contributed by atoms with van der Waals surface area (Å²) in [4.78, 5) is 22.7. The van der Waals surface area contributed by atoms with Crippen LogP contribution in [-0.4, -0.2) is 29.6 Å². The van der Waals surface area contributed by atoms with Crippen LogP contribution in [-0.2, 0) is 9.59 Å². The largest absolute Gasteiger partial charge is 0.481 e. The molecule has 0 aromatic heterocycles. The summed E-state index contributed by atoms with van der Waals surface area (Å²) >= 11 is 0. The highest BCUT2D eigenvalue weighted by Crippen LogP contribution is 2.24. The number of amides is 1. The Morgan fingerprint density at radius 1 is 1.33 bits per heavy atom. The van der Waals surface area contributed by atoms with Gasteiger partial charge in [-0.2, -0.15) is 0 Å². The minimum atomic E-state index is -0.880. The fraction of sp³-hybridized carbons (Fsp3) is 0.846. The van der Waals surface area contributed by atoms with Gasteiger partial charge in [0.2, 0.25) is 5.91 Å². The van der Waals surface area contributed by atoms with Crippen molar-refractivity contribution < 1.29 is 14.7 Å². The Morgan fingerprint density at radius 3 is 2.28 bits per heavy atom. The maximum absolute atomic E-state index is 11.6. The molecule has 1 unspecified atom stereocenters. The van der Waals surface area contributed by atoms with Gasteiger partial charge in [0, 0.05) is 6.54 Å². The van der Waals surface area contributed by atoms with Crippen LogP contribution in [0.15, 0.2) is 0 Å². The maximum atomic E-state index is 11.6. The molecule has 106 valence electrons. The summed E-state index contributed by atoms with van der Waals surface area (Å²) in [5.74, 6) is -1.71. The summed E-state index contributed by atoms with van der Waals surface area (Å²) in [6.07, 6.45) is 1.97. The van der Waals surface area contributed by atoms with Gasteiger partial charge in [-0.05, 0) is 18.3 Å². The van der Waals surface area contributed by atoms with Crippen molar-refractivity contribution >= 4 is 11.9 Å². The Hall–Kier alpha value is -1.10. The lowest BCUT2D eigenvalue weighted by Gasteiger charge is -2.23. The molecule has 0 saturated carbocycles. The highest BCUT2D eigenvalue weighted by molar-refractivity contribution is 5.82. The van der Waals surface area contributed by atoms with Crippen molar-refractivity contribution in [1.29, 1.82) is 0 Å². The predicted molar refractivity (Wildman–Crippen MR) is 71.1 cm³/mol. The Bertz CT molecular complexity index is 284. The molecule has 0 bridgehead atoms. The smallest absolute Gasteiger partial charge is 0.308 e. The Balaban J connectivity index is 4.28. The molecule has 5 nitrogen and oxygen atoms in total. The third-order valence-corrected chi connectivity index (χ3v) is 2.67. The van der Waals surface area contributed by atoms with E-state index in [4.69, 9.17) is 10.8 Å². The van der Waals surface area contributed by atoms with Gasteiger partial charge in [-0.1, -0.05) is 34.1 Å². The van der Waals surface area contributed by atoms with Crippen LogP contribution < -0.4 is 11.1 Å². The number of carboxylic acids is 1. The van der Waals surface area contributed by atoms with Crippen molar-refractivity contribution in [3.05, 3.63) is 0 Å². The molecule has 0 rings (SSSR count). The molecule has 0 saturated heterocycles. The summed E-state index contributed by atoms with van der Waals surface area (Å²) in [6.45, 7) is 8.03. The van der Waals surface area contributed by atoms with Crippen molar-refractivity contribution in [2.24, 2.45) is 17.1 Å². The molecular weight excluding hydrogens is 232 g/mol. The fourth-order valence-corrected chi connectivity index (χ4v) is 1.78. The van der Waals surface area contributed by atoms with E-state index in [1.807, 2.05) is 27.7 Å². The van der Waals surface area contributed by atoms with Gasteiger partial charge in [-0.15, -0.1) is 0 Å². The van der Waals surface area contributed by atoms with E-state index >= 15 is 0 Å². The molecule has 5 heteroatoms. The number of rotatable bonds is 7. The van der Waals surface area contributed by atoms with Gasteiger partial charge in [0.05, 0.1) is 12.0 Å². The van der Waals surface area contributed by atoms with Crippen LogP contribution >= 0.6 is 0 Å². The Morgan fingerprint density at radius 2 is 1.89 bits per heavy atom. The van der Waals surface area contributed by atoms with Gasteiger partial charge >= 0.3 is 5.97 Å². The van der Waals surface area contributed by atoms with Crippen molar-refractivity contribution in [1.82, 2.24) is 5.32 Å². The normalized spacial score (nSPS) is 14.9. The highest BCUT2D eigenvalue weighted by Gasteiger charge is 2.25. The molecule has 18 heavy (non-hydrogen) atoms. The minimum absolute atomic E-state index is 0.0840. The Labute approximate surface area is 109 Å². The summed E-state index contributed by atoms with van der Waals surface area (Å²) in [6, 6.07) is -0.543. The molecule has 0 spiro atoms. The van der Waals surface area contributed by atoms with E-state index in [1.165, 1.54) is 0 Å². The second-order valence-corrected chi connectivity index (χ2v) is 5.94. The number of nitrogens with one attached hydrogen (secondary N) is 1. The standard InChI is InChI=1S/C13H26N2O3/c1-5-6-10(14)11(16)15-8-9(12(17)18)7-13(2,3)4/h9-10H,5-8,14H2,1-4H3,(H,15,16)(H,17,18)/t9?,10-/m1/s1. The van der Waals surface area contributed by atoms with Gasteiger partial charge in [-0.3, -0.25) is 9.59 Å². The predicted octanol–water partition coefficient (Wildman–Crippen LogP) is 1.37. The first kappa shape index (κ1) is 16.9. The van der Waals surface area contributed by atoms with Gasteiger partial charge in [0.15, 0.2) is 0 Å². The molecule has 0 heterocycles. The topological polar surface area (TPSA) is 92.4 Å². The third-order valence-electron chi connectivity index (χ3n) is 2.67. The van der Waals surface area contributed by atoms with E-state index in [9.17, 15) is 9.59 Å². The molecule has 0 aliphatic carbocycles. The van der Waals surface area contributed by atoms with Crippen molar-refractivity contribution in [3.8, 4) is 0 Å². The lowest BCUT2D eigenvalue weighted by Crippen LogP contribution is -2.43. The average Bonchev–Trinajstić information content (AvgIpc) is 2.22. The summed E-state index contributed by atoms with van der Waals surface area (Å²) in [5.41, 5.74) is 5.57. The van der Waals surface area contributed by atoms with Crippen LogP contribution in [0.2, 0.25) is 0 Å². The monoisotopic (exact) mass is 258 g/mol. The number of hydrogen-bond donors (Lipinski definition) is 3. The summed E-state index contributed by atoms with van der Waals surface area (Å²) in [5, 5.41) is 11.7. The molecule has 0 fully saturated rings. The van der Waals surface area contributed by atoms with Gasteiger partial charge in [-0.25, -0.2) is 0 Å². The van der Waals surface area contributed by atoms with Crippen LogP contribution in [0.5, 0.6) is 0 Å².